The molecule has 2 heteroatoms. The van der Waals surface area contributed by atoms with E-state index < -0.39 is 0 Å². The van der Waals surface area contributed by atoms with E-state index in [4.69, 9.17) is 6.42 Å². The van der Waals surface area contributed by atoms with Gasteiger partial charge in [-0.2, -0.15) is 0 Å². The molecule has 1 nitrogen and oxygen atoms in total. The quantitative estimate of drug-likeness (QED) is 0.734. The number of rotatable bonds is 2. The van der Waals surface area contributed by atoms with E-state index in [9.17, 15) is 0 Å². The molecule has 0 bridgehead atoms. The van der Waals surface area contributed by atoms with Crippen molar-refractivity contribution in [3.63, 3.8) is 0 Å². The SMILES string of the molecule is C#CCN[C@@H]1CCc2ccccc21.Cl. The van der Waals surface area contributed by atoms with Gasteiger partial charge in [-0.3, -0.25) is 5.32 Å². The molecule has 14 heavy (non-hydrogen) atoms. The number of nitrogens with one attached hydrogen (secondary N) is 1. The third-order valence-corrected chi connectivity index (χ3v) is 2.58. The summed E-state index contributed by atoms with van der Waals surface area (Å²) < 4.78 is 0. The summed E-state index contributed by atoms with van der Waals surface area (Å²) in [6.45, 7) is 0.666. The summed E-state index contributed by atoms with van der Waals surface area (Å²) >= 11 is 0. The topological polar surface area (TPSA) is 12.0 Å². The molecule has 74 valence electrons. The molecule has 0 amide bonds. The first-order valence-corrected chi connectivity index (χ1v) is 4.66. The molecule has 1 aromatic carbocycles. The van der Waals surface area contributed by atoms with E-state index in [1.165, 1.54) is 24.0 Å². The predicted molar refractivity (Wildman–Crippen MR) is 61.6 cm³/mol. The fourth-order valence-corrected chi connectivity index (χ4v) is 1.95. The number of fused-ring (bicyclic) bond motifs is 1. The second-order valence-corrected chi connectivity index (χ2v) is 3.38. The van der Waals surface area contributed by atoms with Gasteiger partial charge in [0.25, 0.3) is 0 Å². The Morgan fingerprint density at radius 1 is 1.43 bits per heavy atom. The zero-order valence-electron chi connectivity index (χ0n) is 7.99. The lowest BCUT2D eigenvalue weighted by Crippen LogP contribution is -2.19. The molecule has 1 aliphatic rings. The van der Waals surface area contributed by atoms with Crippen molar-refractivity contribution in [2.45, 2.75) is 18.9 Å². The predicted octanol–water partition coefficient (Wildman–Crippen LogP) is 2.32. The molecule has 0 fully saturated rings. The standard InChI is InChI=1S/C12H13N.ClH/c1-2-9-13-12-8-7-10-5-3-4-6-11(10)12;/h1,3-6,12-13H,7-9H2;1H/t12-;/m1./s1. The molecule has 0 heterocycles. The Labute approximate surface area is 91.3 Å². The summed E-state index contributed by atoms with van der Waals surface area (Å²) in [6.07, 6.45) is 7.57. The molecule has 0 saturated heterocycles. The summed E-state index contributed by atoms with van der Waals surface area (Å²) in [5, 5.41) is 3.35. The minimum absolute atomic E-state index is 0. The Kier molecular flexibility index (Phi) is 4.00. The van der Waals surface area contributed by atoms with Crippen molar-refractivity contribution in [1.29, 1.82) is 0 Å². The summed E-state index contributed by atoms with van der Waals surface area (Å²) in [5.74, 6) is 2.61. The molecule has 2 rings (SSSR count). The lowest BCUT2D eigenvalue weighted by molar-refractivity contribution is 0.568. The van der Waals surface area contributed by atoms with Crippen LogP contribution in [0.4, 0.5) is 0 Å². The molecule has 0 saturated carbocycles. The number of hydrogen-bond donors (Lipinski definition) is 1. The van der Waals surface area contributed by atoms with E-state index in [2.05, 4.69) is 35.5 Å². The summed E-state index contributed by atoms with van der Waals surface area (Å²) in [6, 6.07) is 9.06. The smallest absolute Gasteiger partial charge is 0.0578 e. The third-order valence-electron chi connectivity index (χ3n) is 2.58. The Bertz CT molecular complexity index is 340. The minimum Gasteiger partial charge on any atom is -0.299 e. The van der Waals surface area contributed by atoms with Gasteiger partial charge in [-0.15, -0.1) is 18.8 Å². The zero-order valence-corrected chi connectivity index (χ0v) is 8.81. The maximum atomic E-state index is 5.21. The van der Waals surface area contributed by atoms with Gasteiger partial charge in [0.2, 0.25) is 0 Å². The van der Waals surface area contributed by atoms with Crippen molar-refractivity contribution in [1.82, 2.24) is 5.32 Å². The van der Waals surface area contributed by atoms with Crippen molar-refractivity contribution >= 4 is 12.4 Å². The van der Waals surface area contributed by atoms with E-state index in [-0.39, 0.29) is 12.4 Å². The molecule has 1 aliphatic carbocycles. The fraction of sp³-hybridized carbons (Fsp3) is 0.333. The second kappa shape index (κ2) is 5.05. The summed E-state index contributed by atoms with van der Waals surface area (Å²) in [4.78, 5) is 0. The van der Waals surface area contributed by atoms with Crippen molar-refractivity contribution in [2.75, 3.05) is 6.54 Å². The molecule has 0 aromatic heterocycles. The highest BCUT2D eigenvalue weighted by atomic mass is 35.5. The normalized spacial score (nSPS) is 18.1. The van der Waals surface area contributed by atoms with Crippen LogP contribution in [0.3, 0.4) is 0 Å². The van der Waals surface area contributed by atoms with Gasteiger partial charge in [0.1, 0.15) is 0 Å². The maximum absolute atomic E-state index is 5.21. The summed E-state index contributed by atoms with van der Waals surface area (Å²) in [7, 11) is 0. The van der Waals surface area contributed by atoms with Crippen LogP contribution in [0.2, 0.25) is 0 Å². The van der Waals surface area contributed by atoms with Gasteiger partial charge in [0.15, 0.2) is 0 Å². The summed E-state index contributed by atoms with van der Waals surface area (Å²) in [5.41, 5.74) is 2.90. The van der Waals surface area contributed by atoms with Crippen LogP contribution < -0.4 is 5.32 Å². The number of aryl methyl sites for hydroxylation is 1. The number of halogens is 1. The monoisotopic (exact) mass is 207 g/mol. The largest absolute Gasteiger partial charge is 0.299 e. The van der Waals surface area contributed by atoms with E-state index in [0.717, 1.165) is 0 Å². The van der Waals surface area contributed by atoms with Crippen LogP contribution in [0.1, 0.15) is 23.6 Å². The minimum atomic E-state index is 0. The third kappa shape index (κ3) is 2.09. The highest BCUT2D eigenvalue weighted by molar-refractivity contribution is 5.85. The molecule has 1 N–H and O–H groups in total. The van der Waals surface area contributed by atoms with Gasteiger partial charge in [-0.1, -0.05) is 30.2 Å². The van der Waals surface area contributed by atoms with Crippen molar-refractivity contribution in [3.05, 3.63) is 35.4 Å². The highest BCUT2D eigenvalue weighted by Crippen LogP contribution is 2.30. The van der Waals surface area contributed by atoms with E-state index >= 15 is 0 Å². The lowest BCUT2D eigenvalue weighted by Gasteiger charge is -2.10. The number of hydrogen-bond acceptors (Lipinski definition) is 1. The van der Waals surface area contributed by atoms with E-state index in [0.29, 0.717) is 12.6 Å². The van der Waals surface area contributed by atoms with Crippen LogP contribution in [-0.4, -0.2) is 6.54 Å². The van der Waals surface area contributed by atoms with Gasteiger partial charge in [-0.25, -0.2) is 0 Å². The molecule has 0 radical (unpaired) electrons. The van der Waals surface area contributed by atoms with E-state index in [1.54, 1.807) is 0 Å². The molecule has 1 aromatic rings. The Morgan fingerprint density at radius 2 is 2.21 bits per heavy atom. The Balaban J connectivity index is 0.000000980. The molecule has 1 atom stereocenters. The first-order chi connectivity index (χ1) is 6.42. The molecule has 0 spiro atoms. The first kappa shape index (κ1) is 11.1. The average molecular weight is 208 g/mol. The fourth-order valence-electron chi connectivity index (χ4n) is 1.95. The first-order valence-electron chi connectivity index (χ1n) is 4.66. The van der Waals surface area contributed by atoms with Crippen molar-refractivity contribution < 1.29 is 0 Å². The van der Waals surface area contributed by atoms with Gasteiger partial charge < -0.3 is 0 Å². The van der Waals surface area contributed by atoms with Crippen LogP contribution in [0.25, 0.3) is 0 Å². The Hall–Kier alpha value is -0.970. The van der Waals surface area contributed by atoms with Crippen LogP contribution in [0.5, 0.6) is 0 Å². The average Bonchev–Trinajstić information content (AvgIpc) is 2.58. The molecule has 0 unspecified atom stereocenters. The second-order valence-electron chi connectivity index (χ2n) is 3.38. The van der Waals surface area contributed by atoms with Crippen LogP contribution in [0, 0.1) is 12.3 Å². The highest BCUT2D eigenvalue weighted by Gasteiger charge is 2.20. The molecular formula is C12H14ClN. The van der Waals surface area contributed by atoms with Gasteiger partial charge in [0, 0.05) is 6.04 Å². The lowest BCUT2D eigenvalue weighted by atomic mass is 10.1. The van der Waals surface area contributed by atoms with Gasteiger partial charge in [-0.05, 0) is 24.0 Å². The van der Waals surface area contributed by atoms with Gasteiger partial charge >= 0.3 is 0 Å². The van der Waals surface area contributed by atoms with Crippen LogP contribution >= 0.6 is 12.4 Å². The van der Waals surface area contributed by atoms with Crippen molar-refractivity contribution in [2.24, 2.45) is 0 Å². The number of terminal acetylenes is 1. The van der Waals surface area contributed by atoms with Crippen LogP contribution in [0.15, 0.2) is 24.3 Å². The zero-order chi connectivity index (χ0) is 9.10. The van der Waals surface area contributed by atoms with Crippen LogP contribution in [-0.2, 0) is 6.42 Å². The van der Waals surface area contributed by atoms with E-state index in [1.807, 2.05) is 0 Å². The molecule has 0 aliphatic heterocycles. The van der Waals surface area contributed by atoms with Crippen molar-refractivity contribution in [3.8, 4) is 12.3 Å². The maximum Gasteiger partial charge on any atom is 0.0578 e. The Morgan fingerprint density at radius 3 is 3.00 bits per heavy atom. The molecular weight excluding hydrogens is 194 g/mol. The van der Waals surface area contributed by atoms with Gasteiger partial charge in [0.05, 0.1) is 6.54 Å². The number of benzene rings is 1.